The van der Waals surface area contributed by atoms with E-state index in [2.05, 4.69) is 17.3 Å². The van der Waals surface area contributed by atoms with Gasteiger partial charge in [0.25, 0.3) is 0 Å². The van der Waals surface area contributed by atoms with Crippen LogP contribution in [0.1, 0.15) is 25.7 Å². The van der Waals surface area contributed by atoms with E-state index in [1.807, 2.05) is 4.90 Å². The van der Waals surface area contributed by atoms with E-state index < -0.39 is 0 Å². The Morgan fingerprint density at radius 3 is 2.68 bits per heavy atom. The Morgan fingerprint density at radius 1 is 1.32 bits per heavy atom. The zero-order chi connectivity index (χ0) is 13.5. The molecular formula is C14H27N3O2. The topological polar surface area (TPSA) is 44.8 Å². The predicted octanol–water partition coefficient (Wildman–Crippen LogP) is 0.309. The number of piperidine rings is 1. The lowest BCUT2D eigenvalue weighted by Crippen LogP contribution is -2.42. The van der Waals surface area contributed by atoms with Crippen molar-refractivity contribution in [3.63, 3.8) is 0 Å². The Balaban J connectivity index is 1.60. The molecule has 2 saturated heterocycles. The molecule has 2 fully saturated rings. The first kappa shape index (κ1) is 14.8. The third-order valence-electron chi connectivity index (χ3n) is 4.20. The van der Waals surface area contributed by atoms with Gasteiger partial charge in [-0.3, -0.25) is 4.79 Å². The van der Waals surface area contributed by atoms with Crippen LogP contribution >= 0.6 is 0 Å². The van der Waals surface area contributed by atoms with Gasteiger partial charge in [-0.25, -0.2) is 0 Å². The monoisotopic (exact) mass is 269 g/mol. The molecule has 110 valence electrons. The first-order valence-corrected chi connectivity index (χ1v) is 7.54. The summed E-state index contributed by atoms with van der Waals surface area (Å²) in [5.74, 6) is 0.294. The summed E-state index contributed by atoms with van der Waals surface area (Å²) in [6.45, 7) is 6.21. The second kappa shape index (κ2) is 7.82. The van der Waals surface area contributed by atoms with Gasteiger partial charge in [0.05, 0.1) is 13.2 Å². The molecule has 0 aliphatic carbocycles. The fraction of sp³-hybridized carbons (Fsp3) is 0.929. The van der Waals surface area contributed by atoms with Crippen LogP contribution in [0.15, 0.2) is 0 Å². The number of hydrogen-bond acceptors (Lipinski definition) is 4. The van der Waals surface area contributed by atoms with Crippen LogP contribution in [0.4, 0.5) is 0 Å². The third-order valence-corrected chi connectivity index (χ3v) is 4.20. The van der Waals surface area contributed by atoms with Gasteiger partial charge >= 0.3 is 0 Å². The number of carbonyl (C=O) groups is 1. The molecule has 0 bridgehead atoms. The number of ether oxygens (including phenoxy) is 1. The van der Waals surface area contributed by atoms with E-state index in [0.29, 0.717) is 31.6 Å². The van der Waals surface area contributed by atoms with E-state index in [4.69, 9.17) is 4.74 Å². The summed E-state index contributed by atoms with van der Waals surface area (Å²) in [6.07, 6.45) is 4.10. The van der Waals surface area contributed by atoms with Crippen molar-refractivity contribution in [1.29, 1.82) is 0 Å². The summed E-state index contributed by atoms with van der Waals surface area (Å²) in [7, 11) is 2.19. The molecule has 5 heteroatoms. The minimum atomic E-state index is 0.294. The van der Waals surface area contributed by atoms with Crippen molar-refractivity contribution in [3.05, 3.63) is 0 Å². The molecule has 1 N–H and O–H groups in total. The van der Waals surface area contributed by atoms with Crippen LogP contribution < -0.4 is 5.32 Å². The molecule has 0 atom stereocenters. The highest BCUT2D eigenvalue weighted by Crippen LogP contribution is 2.11. The molecule has 1 amide bonds. The Morgan fingerprint density at radius 2 is 2.00 bits per heavy atom. The van der Waals surface area contributed by atoms with Crippen molar-refractivity contribution < 1.29 is 9.53 Å². The van der Waals surface area contributed by atoms with Crippen LogP contribution in [0.25, 0.3) is 0 Å². The van der Waals surface area contributed by atoms with Gasteiger partial charge in [0.1, 0.15) is 0 Å². The van der Waals surface area contributed by atoms with Crippen molar-refractivity contribution >= 4 is 5.91 Å². The summed E-state index contributed by atoms with van der Waals surface area (Å²) in [6, 6.07) is 0.694. The number of nitrogens with one attached hydrogen (secondary N) is 1. The van der Waals surface area contributed by atoms with Crippen molar-refractivity contribution in [2.75, 3.05) is 53.0 Å². The van der Waals surface area contributed by atoms with Gasteiger partial charge in [0.2, 0.25) is 5.91 Å². The lowest BCUT2D eigenvalue weighted by atomic mass is 10.1. The minimum Gasteiger partial charge on any atom is -0.378 e. The molecule has 2 heterocycles. The van der Waals surface area contributed by atoms with E-state index in [1.54, 1.807) is 0 Å². The largest absolute Gasteiger partial charge is 0.378 e. The fourth-order valence-electron chi connectivity index (χ4n) is 2.88. The highest BCUT2D eigenvalue weighted by Gasteiger charge is 2.19. The van der Waals surface area contributed by atoms with Crippen LogP contribution in [0, 0.1) is 0 Å². The van der Waals surface area contributed by atoms with Crippen LogP contribution in [0.5, 0.6) is 0 Å². The van der Waals surface area contributed by atoms with Crippen molar-refractivity contribution in [2.45, 2.75) is 31.7 Å². The minimum absolute atomic E-state index is 0.294. The Hall–Kier alpha value is -0.650. The molecule has 0 aromatic rings. The second-order valence-electron chi connectivity index (χ2n) is 5.56. The Labute approximate surface area is 116 Å². The first-order chi connectivity index (χ1) is 9.27. The van der Waals surface area contributed by atoms with Crippen molar-refractivity contribution in [2.24, 2.45) is 0 Å². The summed E-state index contributed by atoms with van der Waals surface area (Å²) in [5.41, 5.74) is 0. The molecule has 2 rings (SSSR count). The maximum Gasteiger partial charge on any atom is 0.222 e. The molecular weight excluding hydrogens is 242 g/mol. The molecule has 0 aromatic carbocycles. The van der Waals surface area contributed by atoms with E-state index >= 15 is 0 Å². The zero-order valence-electron chi connectivity index (χ0n) is 12.1. The number of hydrogen-bond donors (Lipinski definition) is 1. The second-order valence-corrected chi connectivity index (χ2v) is 5.56. The average molecular weight is 269 g/mol. The lowest BCUT2D eigenvalue weighted by molar-refractivity contribution is -0.135. The first-order valence-electron chi connectivity index (χ1n) is 7.54. The predicted molar refractivity (Wildman–Crippen MR) is 75.2 cm³/mol. The summed E-state index contributed by atoms with van der Waals surface area (Å²) in [4.78, 5) is 16.4. The van der Waals surface area contributed by atoms with E-state index in [1.165, 1.54) is 12.8 Å². The molecule has 2 aliphatic heterocycles. The van der Waals surface area contributed by atoms with Crippen LogP contribution in [0.3, 0.4) is 0 Å². The van der Waals surface area contributed by atoms with Gasteiger partial charge in [-0.1, -0.05) is 0 Å². The zero-order valence-corrected chi connectivity index (χ0v) is 12.1. The average Bonchev–Trinajstić information content (AvgIpc) is 2.49. The molecule has 0 unspecified atom stereocenters. The molecule has 5 nitrogen and oxygen atoms in total. The number of amides is 1. The van der Waals surface area contributed by atoms with E-state index in [-0.39, 0.29) is 0 Å². The number of rotatable bonds is 5. The maximum absolute atomic E-state index is 12.0. The van der Waals surface area contributed by atoms with Gasteiger partial charge in [0, 0.05) is 25.6 Å². The van der Waals surface area contributed by atoms with Gasteiger partial charge in [0.15, 0.2) is 0 Å². The van der Waals surface area contributed by atoms with Crippen LogP contribution in [-0.4, -0.2) is 74.7 Å². The van der Waals surface area contributed by atoms with E-state index in [0.717, 1.165) is 39.1 Å². The highest BCUT2D eigenvalue weighted by atomic mass is 16.5. The highest BCUT2D eigenvalue weighted by molar-refractivity contribution is 5.76. The van der Waals surface area contributed by atoms with Gasteiger partial charge < -0.3 is 19.9 Å². The van der Waals surface area contributed by atoms with Gasteiger partial charge in [-0.2, -0.15) is 0 Å². The SMILES string of the molecule is CN(CCCC(=O)N1CCOCC1)C1CCNCC1. The van der Waals surface area contributed by atoms with Crippen molar-refractivity contribution in [1.82, 2.24) is 15.1 Å². The molecule has 19 heavy (non-hydrogen) atoms. The lowest BCUT2D eigenvalue weighted by Gasteiger charge is -2.32. The van der Waals surface area contributed by atoms with Crippen LogP contribution in [-0.2, 0) is 9.53 Å². The molecule has 0 aromatic heterocycles. The van der Waals surface area contributed by atoms with Crippen molar-refractivity contribution in [3.8, 4) is 0 Å². The molecule has 2 aliphatic rings. The molecule has 0 radical (unpaired) electrons. The Kier molecular flexibility index (Phi) is 6.07. The standard InChI is InChI=1S/C14H27N3O2/c1-16(13-4-6-15-7-5-13)8-2-3-14(18)17-9-11-19-12-10-17/h13,15H,2-12H2,1H3. The quantitative estimate of drug-likeness (QED) is 0.780. The third kappa shape index (κ3) is 4.75. The fourth-order valence-corrected chi connectivity index (χ4v) is 2.88. The normalized spacial score (nSPS) is 21.9. The summed E-state index contributed by atoms with van der Waals surface area (Å²) in [5, 5.41) is 3.39. The molecule has 0 spiro atoms. The van der Waals surface area contributed by atoms with Gasteiger partial charge in [-0.15, -0.1) is 0 Å². The number of morpholine rings is 1. The Bertz CT molecular complexity index is 274. The summed E-state index contributed by atoms with van der Waals surface area (Å²) >= 11 is 0. The van der Waals surface area contributed by atoms with Gasteiger partial charge in [-0.05, 0) is 45.9 Å². The summed E-state index contributed by atoms with van der Waals surface area (Å²) < 4.78 is 5.26. The number of carbonyl (C=O) groups excluding carboxylic acids is 1. The smallest absolute Gasteiger partial charge is 0.222 e. The molecule has 0 saturated carbocycles. The van der Waals surface area contributed by atoms with E-state index in [9.17, 15) is 4.79 Å². The maximum atomic E-state index is 12.0. The number of nitrogens with zero attached hydrogens (tertiary/aromatic N) is 2. The van der Waals surface area contributed by atoms with Crippen LogP contribution in [0.2, 0.25) is 0 Å².